The van der Waals surface area contributed by atoms with Crippen LogP contribution in [0.4, 0.5) is 0 Å². The molecule has 2 aromatic carbocycles. The van der Waals surface area contributed by atoms with Crippen LogP contribution < -0.4 is 0 Å². The lowest BCUT2D eigenvalue weighted by atomic mass is 9.72. The third kappa shape index (κ3) is 3.53. The second-order valence-corrected chi connectivity index (χ2v) is 7.34. The highest BCUT2D eigenvalue weighted by molar-refractivity contribution is 5.94. The van der Waals surface area contributed by atoms with E-state index in [9.17, 15) is 9.90 Å². The van der Waals surface area contributed by atoms with Gasteiger partial charge in [0.05, 0.1) is 0 Å². The number of likely N-dealkylation sites (tertiary alicyclic amines) is 1. The summed E-state index contributed by atoms with van der Waals surface area (Å²) >= 11 is 0. The highest BCUT2D eigenvalue weighted by Crippen LogP contribution is 2.42. The predicted molar refractivity (Wildman–Crippen MR) is 101 cm³/mol. The topological polar surface area (TPSA) is 40.5 Å². The van der Waals surface area contributed by atoms with E-state index in [0.29, 0.717) is 5.56 Å². The molecule has 0 aromatic heterocycles. The van der Waals surface area contributed by atoms with Crippen LogP contribution in [0.1, 0.15) is 46.8 Å². The van der Waals surface area contributed by atoms with Crippen molar-refractivity contribution >= 4 is 5.78 Å². The normalized spacial score (nSPS) is 18.7. The average molecular weight is 337 g/mol. The largest absolute Gasteiger partial charge is 0.380 e. The molecule has 0 radical (unpaired) electrons. The second-order valence-electron chi connectivity index (χ2n) is 7.34. The molecular formula is C22H27NO2. The molecule has 3 rings (SSSR count). The Labute approximate surface area is 150 Å². The Kier molecular flexibility index (Phi) is 5.07. The summed E-state index contributed by atoms with van der Waals surface area (Å²) in [6.07, 6.45) is 1.91. The number of hydrogen-bond donors (Lipinski definition) is 1. The molecule has 0 amide bonds. The lowest BCUT2D eigenvalue weighted by Crippen LogP contribution is -2.43. The first-order chi connectivity index (χ1) is 11.9. The molecule has 1 unspecified atom stereocenters. The summed E-state index contributed by atoms with van der Waals surface area (Å²) < 4.78 is 0. The molecule has 1 saturated heterocycles. The first kappa shape index (κ1) is 17.8. The van der Waals surface area contributed by atoms with Gasteiger partial charge in [-0.3, -0.25) is 4.79 Å². The van der Waals surface area contributed by atoms with Crippen LogP contribution in [-0.4, -0.2) is 35.9 Å². The van der Waals surface area contributed by atoms with Crippen LogP contribution >= 0.6 is 0 Å². The van der Waals surface area contributed by atoms with Gasteiger partial charge in [0.2, 0.25) is 0 Å². The van der Waals surface area contributed by atoms with Gasteiger partial charge in [-0.05, 0) is 63.9 Å². The van der Waals surface area contributed by atoms with Crippen molar-refractivity contribution in [2.45, 2.75) is 32.3 Å². The van der Waals surface area contributed by atoms with Crippen molar-refractivity contribution < 1.29 is 9.90 Å². The van der Waals surface area contributed by atoms with E-state index < -0.39 is 5.60 Å². The fourth-order valence-electron chi connectivity index (χ4n) is 3.83. The van der Waals surface area contributed by atoms with Crippen molar-refractivity contribution in [3.63, 3.8) is 0 Å². The third-order valence-electron chi connectivity index (χ3n) is 5.53. The van der Waals surface area contributed by atoms with E-state index in [1.165, 1.54) is 5.56 Å². The summed E-state index contributed by atoms with van der Waals surface area (Å²) in [5.41, 5.74) is 2.64. The Balaban J connectivity index is 2.04. The lowest BCUT2D eigenvalue weighted by molar-refractivity contribution is -0.0109. The molecule has 3 nitrogen and oxygen atoms in total. The molecule has 1 fully saturated rings. The second kappa shape index (κ2) is 7.11. The van der Waals surface area contributed by atoms with Crippen LogP contribution in [0.5, 0.6) is 0 Å². The maximum Gasteiger partial charge on any atom is 0.159 e. The van der Waals surface area contributed by atoms with Crippen molar-refractivity contribution in [3.05, 3.63) is 70.8 Å². The fourth-order valence-corrected chi connectivity index (χ4v) is 3.83. The van der Waals surface area contributed by atoms with Crippen molar-refractivity contribution in [2.75, 3.05) is 20.1 Å². The molecule has 1 atom stereocenters. The van der Waals surface area contributed by atoms with Crippen LogP contribution in [0.3, 0.4) is 0 Å². The van der Waals surface area contributed by atoms with Gasteiger partial charge in [-0.1, -0.05) is 54.1 Å². The molecule has 0 saturated carbocycles. The molecule has 1 heterocycles. The van der Waals surface area contributed by atoms with Gasteiger partial charge in [0.25, 0.3) is 0 Å². The predicted octanol–water partition coefficient (Wildman–Crippen LogP) is 3.78. The minimum Gasteiger partial charge on any atom is -0.380 e. The molecule has 25 heavy (non-hydrogen) atoms. The number of carbonyl (C=O) groups is 1. The molecule has 0 spiro atoms. The zero-order chi connectivity index (χ0) is 18.0. The number of hydrogen-bond acceptors (Lipinski definition) is 3. The van der Waals surface area contributed by atoms with Gasteiger partial charge in [0.15, 0.2) is 5.78 Å². The number of benzene rings is 2. The van der Waals surface area contributed by atoms with Crippen LogP contribution in [0.2, 0.25) is 0 Å². The molecule has 3 heteroatoms. The molecule has 1 N–H and O–H groups in total. The first-order valence-corrected chi connectivity index (χ1v) is 9.01. The van der Waals surface area contributed by atoms with Crippen LogP contribution in [-0.2, 0) is 5.60 Å². The van der Waals surface area contributed by atoms with Gasteiger partial charge < -0.3 is 10.0 Å². The molecule has 1 aliphatic heterocycles. The number of rotatable bonds is 4. The smallest absolute Gasteiger partial charge is 0.159 e. The number of aliphatic hydroxyl groups is 1. The summed E-state index contributed by atoms with van der Waals surface area (Å²) in [6.45, 7) is 5.60. The van der Waals surface area contributed by atoms with E-state index in [4.69, 9.17) is 0 Å². The van der Waals surface area contributed by atoms with Crippen LogP contribution in [0.25, 0.3) is 0 Å². The van der Waals surface area contributed by atoms with Crippen molar-refractivity contribution in [2.24, 2.45) is 5.92 Å². The first-order valence-electron chi connectivity index (χ1n) is 9.01. The van der Waals surface area contributed by atoms with Gasteiger partial charge in [-0.2, -0.15) is 0 Å². The van der Waals surface area contributed by atoms with Crippen molar-refractivity contribution in [1.82, 2.24) is 4.90 Å². The number of ketones is 1. The highest BCUT2D eigenvalue weighted by Gasteiger charge is 2.41. The minimum absolute atomic E-state index is 0.0460. The van der Waals surface area contributed by atoms with E-state index in [1.54, 1.807) is 6.92 Å². The van der Waals surface area contributed by atoms with Gasteiger partial charge in [-0.15, -0.1) is 0 Å². The number of nitrogens with zero attached hydrogens (tertiary/aromatic N) is 1. The number of piperidine rings is 1. The number of Topliss-reactive ketones (excluding diaryl/α,β-unsaturated/α-hetero) is 1. The zero-order valence-corrected chi connectivity index (χ0v) is 15.3. The monoisotopic (exact) mass is 337 g/mol. The van der Waals surface area contributed by atoms with Crippen molar-refractivity contribution in [1.29, 1.82) is 0 Å². The van der Waals surface area contributed by atoms with Gasteiger partial charge in [0.1, 0.15) is 5.60 Å². The molecule has 132 valence electrons. The summed E-state index contributed by atoms with van der Waals surface area (Å²) in [5.74, 6) is 0.208. The number of carbonyl (C=O) groups excluding carboxylic acids is 1. The Hall–Kier alpha value is -1.97. The maximum atomic E-state index is 11.9. The SMILES string of the molecule is CC(=O)c1ccc(C(O)(c2ccc(C)cc2)C2CCN(C)CC2)cc1. The van der Waals surface area contributed by atoms with Gasteiger partial charge >= 0.3 is 0 Å². The molecule has 0 aliphatic carbocycles. The average Bonchev–Trinajstić information content (AvgIpc) is 2.62. The fraction of sp³-hybridized carbons (Fsp3) is 0.409. The standard InChI is InChI=1S/C22H27NO2/c1-16-4-8-19(9-5-16)22(25,21-12-14-23(3)15-13-21)20-10-6-18(7-11-20)17(2)24/h4-11,21,25H,12-15H2,1-3H3. The maximum absolute atomic E-state index is 11.9. The molecular weight excluding hydrogens is 310 g/mol. The lowest BCUT2D eigenvalue weighted by Gasteiger charge is -2.41. The molecule has 2 aromatic rings. The van der Waals surface area contributed by atoms with E-state index in [0.717, 1.165) is 37.1 Å². The van der Waals surface area contributed by atoms with Gasteiger partial charge in [-0.25, -0.2) is 0 Å². The highest BCUT2D eigenvalue weighted by atomic mass is 16.3. The van der Waals surface area contributed by atoms with E-state index >= 15 is 0 Å². The molecule has 0 bridgehead atoms. The summed E-state index contributed by atoms with van der Waals surface area (Å²) in [7, 11) is 2.13. The van der Waals surface area contributed by atoms with Crippen LogP contribution in [0, 0.1) is 12.8 Å². The molecule has 1 aliphatic rings. The Bertz CT molecular complexity index is 728. The third-order valence-corrected chi connectivity index (χ3v) is 5.53. The summed E-state index contributed by atoms with van der Waals surface area (Å²) in [4.78, 5) is 13.9. The van der Waals surface area contributed by atoms with Crippen LogP contribution in [0.15, 0.2) is 48.5 Å². The number of aryl methyl sites for hydroxylation is 1. The van der Waals surface area contributed by atoms with E-state index in [-0.39, 0.29) is 11.7 Å². The summed E-state index contributed by atoms with van der Waals surface area (Å²) in [5, 5.41) is 11.9. The van der Waals surface area contributed by atoms with E-state index in [1.807, 2.05) is 36.4 Å². The van der Waals surface area contributed by atoms with Crippen molar-refractivity contribution in [3.8, 4) is 0 Å². The Morgan fingerprint density at radius 1 is 1.00 bits per heavy atom. The summed E-state index contributed by atoms with van der Waals surface area (Å²) in [6, 6.07) is 15.7. The Morgan fingerprint density at radius 3 is 1.96 bits per heavy atom. The van der Waals surface area contributed by atoms with E-state index in [2.05, 4.69) is 31.0 Å². The van der Waals surface area contributed by atoms with Gasteiger partial charge in [0, 0.05) is 5.56 Å². The Morgan fingerprint density at radius 2 is 1.48 bits per heavy atom. The minimum atomic E-state index is -1.02. The quantitative estimate of drug-likeness (QED) is 0.863. The zero-order valence-electron chi connectivity index (χ0n) is 15.3.